The van der Waals surface area contributed by atoms with Gasteiger partial charge in [-0.15, -0.1) is 0 Å². The van der Waals surface area contributed by atoms with Crippen molar-refractivity contribution in [2.24, 2.45) is 5.92 Å². The highest BCUT2D eigenvalue weighted by molar-refractivity contribution is 5.82. The van der Waals surface area contributed by atoms with E-state index < -0.39 is 18.0 Å². The molecule has 0 radical (unpaired) electrons. The third kappa shape index (κ3) is 4.01. The molecular weight excluding hydrogens is 260 g/mol. The molecule has 2 atom stereocenters. The number of carboxylic acid groups (broad SMARTS) is 1. The summed E-state index contributed by atoms with van der Waals surface area (Å²) < 4.78 is 5.17. The number of carbonyl (C=O) groups is 2. The van der Waals surface area contributed by atoms with E-state index in [-0.39, 0.29) is 5.92 Å². The Morgan fingerprint density at radius 2 is 2.15 bits per heavy atom. The number of hydrogen-bond acceptors (Lipinski definition) is 3. The van der Waals surface area contributed by atoms with Gasteiger partial charge >= 0.3 is 12.0 Å². The van der Waals surface area contributed by atoms with Crippen LogP contribution in [0.25, 0.3) is 0 Å². The molecule has 20 heavy (non-hydrogen) atoms. The lowest BCUT2D eigenvalue weighted by Gasteiger charge is -2.24. The lowest BCUT2D eigenvalue weighted by Crippen LogP contribution is -2.49. The summed E-state index contributed by atoms with van der Waals surface area (Å²) in [4.78, 5) is 24.7. The molecule has 2 amide bonds. The predicted octanol–water partition coefficient (Wildman–Crippen LogP) is 2.23. The van der Waals surface area contributed by atoms with Gasteiger partial charge in [0, 0.05) is 12.6 Å². The zero-order valence-corrected chi connectivity index (χ0v) is 12.3. The standard InChI is InChI=1S/C14H22N2O4/c1-5-9(2)12(13(17)18)15-14(19)16(4)8-11-6-7-20-10(11)3/h6-7,9,12H,5,8H2,1-4H3,(H,15,19)(H,17,18). The molecule has 6 heteroatoms. The fraction of sp³-hybridized carbons (Fsp3) is 0.571. The molecule has 0 aliphatic carbocycles. The van der Waals surface area contributed by atoms with Crippen LogP contribution in [0.4, 0.5) is 4.79 Å². The van der Waals surface area contributed by atoms with Gasteiger partial charge in [0.05, 0.1) is 12.8 Å². The summed E-state index contributed by atoms with van der Waals surface area (Å²) in [5.41, 5.74) is 0.901. The van der Waals surface area contributed by atoms with E-state index in [1.54, 1.807) is 26.3 Å². The number of rotatable bonds is 6. The third-order valence-electron chi connectivity index (χ3n) is 3.48. The maximum absolute atomic E-state index is 12.0. The molecule has 1 aromatic heterocycles. The molecule has 0 saturated heterocycles. The number of nitrogens with zero attached hydrogens (tertiary/aromatic N) is 1. The summed E-state index contributed by atoms with van der Waals surface area (Å²) in [6.07, 6.45) is 2.25. The maximum atomic E-state index is 12.0. The Bertz CT molecular complexity index is 469. The van der Waals surface area contributed by atoms with E-state index in [0.717, 1.165) is 11.3 Å². The highest BCUT2D eigenvalue weighted by atomic mass is 16.4. The van der Waals surface area contributed by atoms with Crippen LogP contribution < -0.4 is 5.32 Å². The second-order valence-corrected chi connectivity index (χ2v) is 5.01. The summed E-state index contributed by atoms with van der Waals surface area (Å²) >= 11 is 0. The number of hydrogen-bond donors (Lipinski definition) is 2. The topological polar surface area (TPSA) is 82.8 Å². The fourth-order valence-electron chi connectivity index (χ4n) is 1.83. The number of amides is 2. The van der Waals surface area contributed by atoms with Crippen molar-refractivity contribution in [2.75, 3.05) is 7.05 Å². The molecule has 1 heterocycles. The molecule has 0 aromatic carbocycles. The van der Waals surface area contributed by atoms with Crippen molar-refractivity contribution < 1.29 is 19.1 Å². The molecule has 6 nitrogen and oxygen atoms in total. The first-order chi connectivity index (χ1) is 9.36. The molecule has 2 N–H and O–H groups in total. The van der Waals surface area contributed by atoms with Gasteiger partial charge in [-0.25, -0.2) is 9.59 Å². The third-order valence-corrected chi connectivity index (χ3v) is 3.48. The number of carbonyl (C=O) groups excluding carboxylic acids is 1. The SMILES string of the molecule is CCC(C)C(NC(=O)N(C)Cc1ccoc1C)C(=O)O. The Balaban J connectivity index is 2.64. The van der Waals surface area contributed by atoms with E-state index in [0.29, 0.717) is 13.0 Å². The molecule has 2 unspecified atom stereocenters. The molecule has 1 aromatic rings. The van der Waals surface area contributed by atoms with Crippen LogP contribution in [0.2, 0.25) is 0 Å². The first-order valence-corrected chi connectivity index (χ1v) is 6.64. The van der Waals surface area contributed by atoms with Crippen molar-refractivity contribution in [3.63, 3.8) is 0 Å². The van der Waals surface area contributed by atoms with Gasteiger partial charge in [0.1, 0.15) is 11.8 Å². The van der Waals surface area contributed by atoms with Crippen LogP contribution in [0.15, 0.2) is 16.7 Å². The van der Waals surface area contributed by atoms with Crippen LogP contribution in [-0.4, -0.2) is 35.1 Å². The van der Waals surface area contributed by atoms with Crippen LogP contribution >= 0.6 is 0 Å². The molecule has 1 rings (SSSR count). The van der Waals surface area contributed by atoms with E-state index in [1.807, 2.05) is 13.8 Å². The second kappa shape index (κ2) is 6.98. The van der Waals surface area contributed by atoms with Gasteiger partial charge in [-0.2, -0.15) is 0 Å². The van der Waals surface area contributed by atoms with Crippen LogP contribution in [0.1, 0.15) is 31.6 Å². The number of aliphatic carboxylic acids is 1. The Hall–Kier alpha value is -1.98. The van der Waals surface area contributed by atoms with Crippen molar-refractivity contribution in [1.29, 1.82) is 0 Å². The fourth-order valence-corrected chi connectivity index (χ4v) is 1.83. The Labute approximate surface area is 118 Å². The number of urea groups is 1. The summed E-state index contributed by atoms with van der Waals surface area (Å²) in [7, 11) is 1.62. The van der Waals surface area contributed by atoms with Crippen molar-refractivity contribution in [3.05, 3.63) is 23.7 Å². The number of aryl methyl sites for hydroxylation is 1. The van der Waals surface area contributed by atoms with Gasteiger partial charge < -0.3 is 19.7 Å². The minimum absolute atomic E-state index is 0.125. The highest BCUT2D eigenvalue weighted by Gasteiger charge is 2.26. The Morgan fingerprint density at radius 3 is 2.60 bits per heavy atom. The smallest absolute Gasteiger partial charge is 0.326 e. The van der Waals surface area contributed by atoms with Gasteiger partial charge in [-0.3, -0.25) is 0 Å². The van der Waals surface area contributed by atoms with Gasteiger partial charge in [0.2, 0.25) is 0 Å². The molecule has 0 fully saturated rings. The Morgan fingerprint density at radius 1 is 1.50 bits per heavy atom. The molecule has 0 aliphatic heterocycles. The molecule has 0 saturated carbocycles. The largest absolute Gasteiger partial charge is 0.480 e. The molecule has 112 valence electrons. The van der Waals surface area contributed by atoms with Gasteiger partial charge in [-0.05, 0) is 18.9 Å². The highest BCUT2D eigenvalue weighted by Crippen LogP contribution is 2.12. The van der Waals surface area contributed by atoms with Gasteiger partial charge in [0.15, 0.2) is 0 Å². The molecule has 0 bridgehead atoms. The lowest BCUT2D eigenvalue weighted by atomic mass is 9.99. The van der Waals surface area contributed by atoms with Crippen molar-refractivity contribution >= 4 is 12.0 Å². The first-order valence-electron chi connectivity index (χ1n) is 6.64. The lowest BCUT2D eigenvalue weighted by molar-refractivity contribution is -0.140. The quantitative estimate of drug-likeness (QED) is 0.838. The Kier molecular flexibility index (Phi) is 5.61. The number of furan rings is 1. The van der Waals surface area contributed by atoms with E-state index in [1.165, 1.54) is 4.90 Å². The van der Waals surface area contributed by atoms with E-state index in [2.05, 4.69) is 5.32 Å². The number of nitrogens with one attached hydrogen (secondary N) is 1. The average molecular weight is 282 g/mol. The summed E-state index contributed by atoms with van der Waals surface area (Å²) in [6.45, 7) is 5.89. The number of carboxylic acids is 1. The predicted molar refractivity (Wildman–Crippen MR) is 74.3 cm³/mol. The molecular formula is C14H22N2O4. The monoisotopic (exact) mass is 282 g/mol. The van der Waals surface area contributed by atoms with Gasteiger partial charge in [0.25, 0.3) is 0 Å². The minimum atomic E-state index is -1.01. The zero-order valence-electron chi connectivity index (χ0n) is 12.3. The summed E-state index contributed by atoms with van der Waals surface area (Å²) in [6, 6.07) is 0.515. The van der Waals surface area contributed by atoms with Crippen molar-refractivity contribution in [3.8, 4) is 0 Å². The van der Waals surface area contributed by atoms with Crippen molar-refractivity contribution in [1.82, 2.24) is 10.2 Å². The van der Waals surface area contributed by atoms with E-state index in [4.69, 9.17) is 9.52 Å². The van der Waals surface area contributed by atoms with Crippen LogP contribution in [0.3, 0.4) is 0 Å². The van der Waals surface area contributed by atoms with Crippen molar-refractivity contribution in [2.45, 2.75) is 39.8 Å². The normalized spacial score (nSPS) is 13.6. The van der Waals surface area contributed by atoms with Crippen LogP contribution in [0.5, 0.6) is 0 Å². The summed E-state index contributed by atoms with van der Waals surface area (Å²) in [5.74, 6) is -0.387. The molecule has 0 aliphatic rings. The van der Waals surface area contributed by atoms with Crippen LogP contribution in [0, 0.1) is 12.8 Å². The maximum Gasteiger partial charge on any atom is 0.326 e. The molecule has 0 spiro atoms. The van der Waals surface area contributed by atoms with E-state index in [9.17, 15) is 9.59 Å². The summed E-state index contributed by atoms with van der Waals surface area (Å²) in [5, 5.41) is 11.7. The minimum Gasteiger partial charge on any atom is -0.480 e. The average Bonchev–Trinajstić information content (AvgIpc) is 2.79. The zero-order chi connectivity index (χ0) is 15.3. The van der Waals surface area contributed by atoms with Gasteiger partial charge in [-0.1, -0.05) is 20.3 Å². The first kappa shape index (κ1) is 16.1. The van der Waals surface area contributed by atoms with Crippen LogP contribution in [-0.2, 0) is 11.3 Å². The second-order valence-electron chi connectivity index (χ2n) is 5.01. The van der Waals surface area contributed by atoms with E-state index >= 15 is 0 Å².